The standard InChI is InChI=1S/C38H31N5O/c44-38-35(26-29-10-4-1-5-11-29)41-37-34(21-16-28-22-24-39-25-23-28)40-36(27-42(37)38)30-17-19-33(20-18-30)43(31-12-6-2-7-13-31)32-14-8-3-9-15-32/h1-15,17-20,22-25,27,40H,16,21,26H2. The minimum Gasteiger partial charge on any atom is -0.354 e. The van der Waals surface area contributed by atoms with Gasteiger partial charge in [0.2, 0.25) is 0 Å². The van der Waals surface area contributed by atoms with Gasteiger partial charge in [-0.1, -0.05) is 78.9 Å². The molecule has 0 spiro atoms. The highest BCUT2D eigenvalue weighted by Gasteiger charge is 2.21. The topological polar surface area (TPSA) is 66.8 Å². The van der Waals surface area contributed by atoms with Crippen molar-refractivity contribution in [1.29, 1.82) is 0 Å². The molecular formula is C38H31N5O. The summed E-state index contributed by atoms with van der Waals surface area (Å²) in [6, 6.07) is 43.2. The normalized spacial score (nSPS) is 11.1. The number of aromatic amines is 1. The lowest BCUT2D eigenvalue weighted by atomic mass is 10.1. The van der Waals surface area contributed by atoms with E-state index in [9.17, 15) is 4.79 Å². The Morgan fingerprint density at radius 2 is 1.23 bits per heavy atom. The van der Waals surface area contributed by atoms with Crippen LogP contribution >= 0.6 is 0 Å². The van der Waals surface area contributed by atoms with Crippen LogP contribution in [0.2, 0.25) is 0 Å². The number of aryl methyl sites for hydroxylation is 2. The van der Waals surface area contributed by atoms with Gasteiger partial charge in [-0.3, -0.25) is 14.3 Å². The van der Waals surface area contributed by atoms with Gasteiger partial charge in [0.1, 0.15) is 5.69 Å². The first kappa shape index (κ1) is 27.1. The summed E-state index contributed by atoms with van der Waals surface area (Å²) in [6.45, 7) is 0. The van der Waals surface area contributed by atoms with Crippen molar-refractivity contribution in [3.05, 3.63) is 179 Å². The van der Waals surface area contributed by atoms with Crippen LogP contribution in [0, 0.1) is 0 Å². The van der Waals surface area contributed by atoms with E-state index in [4.69, 9.17) is 4.98 Å². The fourth-order valence-corrected chi connectivity index (χ4v) is 5.61. The number of para-hydroxylation sites is 2. The lowest BCUT2D eigenvalue weighted by Crippen LogP contribution is -2.18. The molecule has 0 atom stereocenters. The van der Waals surface area contributed by atoms with Gasteiger partial charge in [-0.2, -0.15) is 0 Å². The molecule has 2 aliphatic heterocycles. The van der Waals surface area contributed by atoms with E-state index in [0.717, 1.165) is 46.0 Å². The molecule has 0 saturated carbocycles. The van der Waals surface area contributed by atoms with Crippen LogP contribution < -0.4 is 10.5 Å². The van der Waals surface area contributed by atoms with Crippen LogP contribution in [-0.4, -0.2) is 19.5 Å². The van der Waals surface area contributed by atoms with E-state index >= 15 is 0 Å². The van der Waals surface area contributed by atoms with Crippen molar-refractivity contribution < 1.29 is 0 Å². The number of benzene rings is 4. The number of fused-ring (bicyclic) bond motifs is 1. The molecule has 4 aromatic carbocycles. The molecule has 1 aromatic heterocycles. The molecule has 6 nitrogen and oxygen atoms in total. The molecule has 44 heavy (non-hydrogen) atoms. The largest absolute Gasteiger partial charge is 0.354 e. The van der Waals surface area contributed by atoms with Gasteiger partial charge in [0.15, 0.2) is 5.82 Å². The van der Waals surface area contributed by atoms with Crippen molar-refractivity contribution in [3.8, 4) is 17.1 Å². The predicted molar refractivity (Wildman–Crippen MR) is 176 cm³/mol. The Hall–Kier alpha value is -5.75. The number of pyridine rings is 1. The minimum absolute atomic E-state index is 0.0831. The lowest BCUT2D eigenvalue weighted by Gasteiger charge is -2.25. The number of nitrogens with zero attached hydrogens (tertiary/aromatic N) is 4. The summed E-state index contributed by atoms with van der Waals surface area (Å²) in [5.41, 5.74) is 8.69. The minimum atomic E-state index is -0.0831. The average molecular weight is 574 g/mol. The number of aromatic nitrogens is 4. The van der Waals surface area contributed by atoms with Crippen LogP contribution in [0.4, 0.5) is 17.1 Å². The SMILES string of the molecule is O=c1c(Cc2ccccc2)nc2c(CCc3ccncc3)[nH]c(-c3ccc(N(c4ccccc4)c4ccccc4)cc3)cn1-2. The Morgan fingerprint density at radius 1 is 0.636 bits per heavy atom. The monoisotopic (exact) mass is 573 g/mol. The first-order valence-corrected chi connectivity index (χ1v) is 14.8. The van der Waals surface area contributed by atoms with Gasteiger partial charge in [0.05, 0.1) is 11.4 Å². The maximum Gasteiger partial charge on any atom is 0.278 e. The summed E-state index contributed by atoms with van der Waals surface area (Å²) >= 11 is 0. The van der Waals surface area contributed by atoms with Crippen molar-refractivity contribution in [1.82, 2.24) is 19.5 Å². The number of imidazole rings is 1. The van der Waals surface area contributed by atoms with E-state index < -0.39 is 0 Å². The summed E-state index contributed by atoms with van der Waals surface area (Å²) < 4.78 is 1.71. The van der Waals surface area contributed by atoms with Crippen LogP contribution in [0.25, 0.3) is 17.1 Å². The molecule has 5 aromatic rings. The van der Waals surface area contributed by atoms with E-state index in [1.807, 2.05) is 73.2 Å². The van der Waals surface area contributed by atoms with Gasteiger partial charge in [-0.25, -0.2) is 4.98 Å². The molecule has 7 rings (SSSR count). The maximum absolute atomic E-state index is 13.7. The number of anilines is 3. The lowest BCUT2D eigenvalue weighted by molar-refractivity contribution is 0.853. The van der Waals surface area contributed by atoms with Gasteiger partial charge in [0.25, 0.3) is 5.56 Å². The Bertz CT molecular complexity index is 1950. The Labute approximate surface area is 256 Å². The van der Waals surface area contributed by atoms with Gasteiger partial charge < -0.3 is 9.88 Å². The Kier molecular flexibility index (Phi) is 7.54. The highest BCUT2D eigenvalue weighted by atomic mass is 16.1. The van der Waals surface area contributed by atoms with E-state index in [1.54, 1.807) is 4.57 Å². The summed E-state index contributed by atoms with van der Waals surface area (Å²) in [5.74, 6) is 0.676. The molecule has 0 amide bonds. The maximum atomic E-state index is 13.7. The molecule has 0 aliphatic carbocycles. The number of hydrogen-bond donors (Lipinski definition) is 1. The highest BCUT2D eigenvalue weighted by Crippen LogP contribution is 2.35. The quantitative estimate of drug-likeness (QED) is 0.191. The molecule has 1 N–H and O–H groups in total. The van der Waals surface area contributed by atoms with Gasteiger partial charge >= 0.3 is 0 Å². The van der Waals surface area contributed by atoms with Gasteiger partial charge in [-0.05, 0) is 78.1 Å². The molecule has 0 unspecified atom stereocenters. The first-order valence-electron chi connectivity index (χ1n) is 14.8. The van der Waals surface area contributed by atoms with Crippen LogP contribution in [0.1, 0.15) is 22.5 Å². The Morgan fingerprint density at radius 3 is 1.86 bits per heavy atom. The third kappa shape index (κ3) is 5.65. The number of H-pyrrole nitrogens is 1. The van der Waals surface area contributed by atoms with Crippen molar-refractivity contribution in [2.45, 2.75) is 19.3 Å². The smallest absolute Gasteiger partial charge is 0.278 e. The zero-order chi connectivity index (χ0) is 29.7. The molecule has 3 heterocycles. The summed E-state index contributed by atoms with van der Waals surface area (Å²) in [7, 11) is 0. The molecule has 0 saturated heterocycles. The first-order chi connectivity index (χ1) is 21.7. The fourth-order valence-electron chi connectivity index (χ4n) is 5.61. The van der Waals surface area contributed by atoms with Crippen LogP contribution in [0.3, 0.4) is 0 Å². The highest BCUT2D eigenvalue weighted by molar-refractivity contribution is 5.77. The number of nitrogens with one attached hydrogen (secondary N) is 1. The summed E-state index contributed by atoms with van der Waals surface area (Å²) in [5, 5.41) is 0. The molecule has 0 radical (unpaired) electrons. The second-order valence-corrected chi connectivity index (χ2v) is 10.8. The second kappa shape index (κ2) is 12.2. The zero-order valence-electron chi connectivity index (χ0n) is 24.2. The third-order valence-corrected chi connectivity index (χ3v) is 7.84. The Balaban J connectivity index is 1.28. The van der Waals surface area contributed by atoms with E-state index in [-0.39, 0.29) is 5.56 Å². The average Bonchev–Trinajstić information content (AvgIpc) is 3.40. The van der Waals surface area contributed by atoms with Gasteiger partial charge in [-0.15, -0.1) is 0 Å². The van der Waals surface area contributed by atoms with Crippen LogP contribution in [0.15, 0.2) is 151 Å². The zero-order valence-corrected chi connectivity index (χ0v) is 24.2. The van der Waals surface area contributed by atoms with Crippen LogP contribution in [-0.2, 0) is 19.3 Å². The third-order valence-electron chi connectivity index (χ3n) is 7.84. The van der Waals surface area contributed by atoms with Gasteiger partial charge in [0, 0.05) is 42.1 Å². The molecule has 6 heteroatoms. The van der Waals surface area contributed by atoms with E-state index in [2.05, 4.69) is 87.7 Å². The van der Waals surface area contributed by atoms with Crippen molar-refractivity contribution in [3.63, 3.8) is 0 Å². The molecule has 0 bridgehead atoms. The fraction of sp³-hybridized carbons (Fsp3) is 0.0789. The van der Waals surface area contributed by atoms with Crippen molar-refractivity contribution >= 4 is 17.1 Å². The molecule has 2 aliphatic rings. The number of hydrogen-bond acceptors (Lipinski definition) is 4. The van der Waals surface area contributed by atoms with Crippen LogP contribution in [0.5, 0.6) is 0 Å². The molecular weight excluding hydrogens is 542 g/mol. The molecule has 0 fully saturated rings. The van der Waals surface area contributed by atoms with Crippen molar-refractivity contribution in [2.24, 2.45) is 0 Å². The second-order valence-electron chi connectivity index (χ2n) is 10.8. The molecule has 214 valence electrons. The summed E-state index contributed by atoms with van der Waals surface area (Å²) in [4.78, 5) is 28.6. The number of rotatable bonds is 9. The summed E-state index contributed by atoms with van der Waals surface area (Å²) in [6.07, 6.45) is 7.50. The van der Waals surface area contributed by atoms with E-state index in [1.165, 1.54) is 5.56 Å². The van der Waals surface area contributed by atoms with Crippen molar-refractivity contribution in [2.75, 3.05) is 4.90 Å². The predicted octanol–water partition coefficient (Wildman–Crippen LogP) is 7.91. The van der Waals surface area contributed by atoms with E-state index in [0.29, 0.717) is 24.4 Å².